The number of carbonyl (C=O) groups is 7. The molecule has 140 heavy (non-hydrogen) atoms. The van der Waals surface area contributed by atoms with Crippen LogP contribution in [0.2, 0.25) is 0 Å². The van der Waals surface area contributed by atoms with E-state index in [1.165, 1.54) is 494 Å². The van der Waals surface area contributed by atoms with E-state index in [4.69, 9.17) is 35.7 Å². The zero-order valence-corrected chi connectivity index (χ0v) is 93.9. The van der Waals surface area contributed by atoms with Crippen molar-refractivity contribution in [3.8, 4) is 0 Å². The summed E-state index contributed by atoms with van der Waals surface area (Å²) in [5.41, 5.74) is 0. The Labute approximate surface area is 868 Å². The van der Waals surface area contributed by atoms with Crippen molar-refractivity contribution in [1.82, 2.24) is 0 Å². The summed E-state index contributed by atoms with van der Waals surface area (Å²) in [5.74, 6) is -4.65. The van der Waals surface area contributed by atoms with Gasteiger partial charge in [-0.3, -0.25) is 33.6 Å². The molecule has 0 amide bonds. The molecule has 0 radical (unpaired) electrons. The molecule has 0 atom stereocenters. The minimum atomic E-state index is -0.664. The van der Waals surface area contributed by atoms with Gasteiger partial charge in [0.25, 0.3) is 0 Å². The van der Waals surface area contributed by atoms with Crippen LogP contribution in [0.15, 0.2) is 85.1 Å². The summed E-state index contributed by atoms with van der Waals surface area (Å²) in [4.78, 5) is 72.3. The Morgan fingerprint density at radius 3 is 0.243 bits per heavy atom. The van der Waals surface area contributed by atoms with Crippen LogP contribution in [0.1, 0.15) is 678 Å². The minimum absolute atomic E-state index is 0.332. The molecule has 826 valence electrons. The summed E-state index contributed by atoms with van der Waals surface area (Å²) in [5, 5.41) is 59.6. The number of allylic oxidation sites excluding steroid dienone is 14. The molecule has 0 unspecified atom stereocenters. The molecule has 0 aromatic heterocycles. The Kier molecular flexibility index (Phi) is 152. The first kappa shape index (κ1) is 147. The third-order valence-corrected chi connectivity index (χ3v) is 25.6. The predicted octanol–water partition coefficient (Wildman–Crippen LogP) is 42.8. The largest absolute Gasteiger partial charge is 0.481 e. The van der Waals surface area contributed by atoms with Crippen molar-refractivity contribution in [2.75, 3.05) is 0 Å². The Hall–Kier alpha value is -5.53. The highest BCUT2D eigenvalue weighted by molar-refractivity contribution is 5.68. The molecule has 14 heteroatoms. The molecule has 14 nitrogen and oxygen atoms in total. The Morgan fingerprint density at radius 1 is 0.107 bits per heavy atom. The average molecular weight is 1980 g/mol. The van der Waals surface area contributed by atoms with Crippen LogP contribution in [-0.4, -0.2) is 77.5 Å². The second kappa shape index (κ2) is 144. The number of carboxylic acid groups (broad SMARTS) is 7. The van der Waals surface area contributed by atoms with E-state index in [2.05, 4.69) is 134 Å². The lowest BCUT2D eigenvalue weighted by Gasteiger charge is -1.99. The van der Waals surface area contributed by atoms with Gasteiger partial charge in [-0.15, -0.1) is 0 Å². The molecule has 0 saturated carbocycles. The molecule has 0 spiro atoms. The van der Waals surface area contributed by atoms with Crippen molar-refractivity contribution in [1.29, 1.82) is 0 Å². The fourth-order valence-electron chi connectivity index (χ4n) is 16.4. The van der Waals surface area contributed by atoms with Crippen LogP contribution in [0.3, 0.4) is 0 Å². The number of carboxylic acids is 7. The highest BCUT2D eigenvalue weighted by Gasteiger charge is 2.05. The zero-order chi connectivity index (χ0) is 104. The van der Waals surface area contributed by atoms with Gasteiger partial charge in [0.15, 0.2) is 0 Å². The van der Waals surface area contributed by atoms with Gasteiger partial charge in [-0.2, -0.15) is 0 Å². The van der Waals surface area contributed by atoms with E-state index in [-0.39, 0.29) is 0 Å². The lowest BCUT2D eigenvalue weighted by molar-refractivity contribution is -0.138. The first-order chi connectivity index (χ1) is 68.4. The summed E-state index contributed by atoms with van der Waals surface area (Å²) in [6.45, 7) is 15.8. The molecule has 0 fully saturated rings. The minimum Gasteiger partial charge on any atom is -0.481 e. The third-order valence-electron chi connectivity index (χ3n) is 25.6. The maximum atomic E-state index is 10.3. The molecule has 0 aliphatic rings. The van der Waals surface area contributed by atoms with Crippen molar-refractivity contribution < 1.29 is 69.3 Å². The molecule has 0 aliphatic carbocycles. The second-order valence-electron chi connectivity index (χ2n) is 40.1. The van der Waals surface area contributed by atoms with Crippen LogP contribution in [0.4, 0.5) is 0 Å². The van der Waals surface area contributed by atoms with E-state index in [9.17, 15) is 33.6 Å². The molecule has 0 saturated heterocycles. The Morgan fingerprint density at radius 2 is 0.171 bits per heavy atom. The standard InChI is InChI=1S/7C18H34O2/c7*1-2-3-4-5-6-7-8-9-10-11-12-13-14-15-16-17-18(19)20/h7*9-10H,2-8,11-17H2,1H3,(H,19,20)/b7*10-9-. The smallest absolute Gasteiger partial charge is 0.303 e. The van der Waals surface area contributed by atoms with Crippen molar-refractivity contribution >= 4 is 41.8 Å². The van der Waals surface area contributed by atoms with Crippen molar-refractivity contribution in [3.63, 3.8) is 0 Å². The molecule has 0 aliphatic heterocycles. The van der Waals surface area contributed by atoms with Gasteiger partial charge in [0.05, 0.1) is 0 Å². The van der Waals surface area contributed by atoms with Crippen LogP contribution in [0, 0.1) is 0 Å². The summed E-state index contributed by atoms with van der Waals surface area (Å²) < 4.78 is 0. The number of hydrogen-bond acceptors (Lipinski definition) is 7. The van der Waals surface area contributed by atoms with Gasteiger partial charge < -0.3 is 35.7 Å². The first-order valence-electron chi connectivity index (χ1n) is 60.5. The van der Waals surface area contributed by atoms with Gasteiger partial charge in [0.1, 0.15) is 0 Å². The van der Waals surface area contributed by atoms with Crippen LogP contribution in [-0.2, 0) is 33.6 Å². The maximum Gasteiger partial charge on any atom is 0.303 e. The van der Waals surface area contributed by atoms with Crippen LogP contribution >= 0.6 is 0 Å². The normalized spacial score (nSPS) is 11.2. The summed E-state index contributed by atoms with van der Waals surface area (Å²) in [6.07, 6.45) is 149. The Balaban J connectivity index is -0.000000295. The van der Waals surface area contributed by atoms with Crippen molar-refractivity contribution in [2.45, 2.75) is 678 Å². The molecule has 0 heterocycles. The number of hydrogen-bond donors (Lipinski definition) is 7. The number of rotatable bonds is 105. The topological polar surface area (TPSA) is 261 Å². The van der Waals surface area contributed by atoms with Crippen LogP contribution in [0.25, 0.3) is 0 Å². The highest BCUT2D eigenvalue weighted by Crippen LogP contribution is 2.20. The van der Waals surface area contributed by atoms with Crippen molar-refractivity contribution in [3.05, 3.63) is 85.1 Å². The summed E-state index contributed by atoms with van der Waals surface area (Å²) >= 11 is 0. The van der Waals surface area contributed by atoms with Crippen molar-refractivity contribution in [2.24, 2.45) is 0 Å². The fourth-order valence-corrected chi connectivity index (χ4v) is 16.4. The first-order valence-corrected chi connectivity index (χ1v) is 60.5. The van der Waals surface area contributed by atoms with E-state index in [1.54, 1.807) is 0 Å². The van der Waals surface area contributed by atoms with E-state index in [1.807, 2.05) is 0 Å². The third kappa shape index (κ3) is 178. The SMILES string of the molecule is CCCCCCCC/C=C\CCCCCCCC(=O)O.CCCCCCCC/C=C\CCCCCCCC(=O)O.CCCCCCCC/C=C\CCCCCCCC(=O)O.CCCCCCCC/C=C\CCCCCCCC(=O)O.CCCCCCCC/C=C\CCCCCCCC(=O)O.CCCCCCCC/C=C\CCCCCCCC(=O)O.CCCCCCCC/C=C\CCCCCCCC(=O)O. The molecular weight excluding hydrogens is 1740 g/mol. The molecule has 0 bridgehead atoms. The predicted molar refractivity (Wildman–Crippen MR) is 610 cm³/mol. The molecular formula is C126H238O14. The molecule has 0 aromatic rings. The van der Waals surface area contributed by atoms with Gasteiger partial charge in [0.2, 0.25) is 0 Å². The monoisotopic (exact) mass is 1980 g/mol. The zero-order valence-electron chi connectivity index (χ0n) is 93.9. The van der Waals surface area contributed by atoms with Gasteiger partial charge >= 0.3 is 41.8 Å². The maximum absolute atomic E-state index is 10.3. The quantitative estimate of drug-likeness (QED) is 0.0221. The van der Waals surface area contributed by atoms with E-state index < -0.39 is 41.8 Å². The lowest BCUT2D eigenvalue weighted by Crippen LogP contribution is -1.93. The molecule has 0 rings (SSSR count). The van der Waals surface area contributed by atoms with E-state index >= 15 is 0 Å². The second-order valence-corrected chi connectivity index (χ2v) is 40.1. The molecule has 0 aromatic carbocycles. The Bertz CT molecular complexity index is 2130. The van der Waals surface area contributed by atoms with Gasteiger partial charge in [-0.05, 0) is 225 Å². The average Bonchev–Trinajstić information content (AvgIpc) is 1.11. The van der Waals surface area contributed by atoms with Crippen LogP contribution in [0.5, 0.6) is 0 Å². The summed E-state index contributed by atoms with van der Waals surface area (Å²) in [7, 11) is 0. The lowest BCUT2D eigenvalue weighted by atomic mass is 10.1. The van der Waals surface area contributed by atoms with E-state index in [0.717, 1.165) is 89.9 Å². The highest BCUT2D eigenvalue weighted by atomic mass is 16.4. The number of unbranched alkanes of at least 4 members (excludes halogenated alkanes) is 77. The van der Waals surface area contributed by atoms with E-state index in [0.29, 0.717) is 44.9 Å². The molecule has 7 N–H and O–H groups in total. The van der Waals surface area contributed by atoms with Gasteiger partial charge in [-0.25, -0.2) is 0 Å². The fraction of sp³-hybridized carbons (Fsp3) is 0.833. The van der Waals surface area contributed by atoms with Gasteiger partial charge in [-0.1, -0.05) is 493 Å². The summed E-state index contributed by atoms with van der Waals surface area (Å²) in [6, 6.07) is 0. The number of aliphatic carboxylic acids is 7. The van der Waals surface area contributed by atoms with Crippen LogP contribution < -0.4 is 0 Å². The van der Waals surface area contributed by atoms with Gasteiger partial charge in [0, 0.05) is 44.9 Å².